The van der Waals surface area contributed by atoms with Gasteiger partial charge in [-0.05, 0) is 56.2 Å². The topological polar surface area (TPSA) is 47.4 Å². The first-order chi connectivity index (χ1) is 16.0. The number of ether oxygens (including phenoxy) is 1. The summed E-state index contributed by atoms with van der Waals surface area (Å²) in [6, 6.07) is 22.5. The summed E-state index contributed by atoms with van der Waals surface area (Å²) in [7, 11) is 0. The standard InChI is InChI=1S/C28H29N3O2/c1-19-12-13-26(21(3)16-19)33-15-14-30-25-11-7-5-9-23(25)29-28(30)22-17-27(32)31(18-22)24-10-6-4-8-20(24)2/h4-13,16,22H,14-15,17-18H2,1-3H3/t22-/m0/s1. The highest BCUT2D eigenvalue weighted by molar-refractivity contribution is 5.97. The summed E-state index contributed by atoms with van der Waals surface area (Å²) in [5.74, 6) is 2.07. The predicted octanol–water partition coefficient (Wildman–Crippen LogP) is 5.56. The van der Waals surface area contributed by atoms with Gasteiger partial charge in [0.25, 0.3) is 0 Å². The molecule has 2 heterocycles. The third-order valence-electron chi connectivity index (χ3n) is 6.48. The minimum atomic E-state index is 0.0469. The maximum Gasteiger partial charge on any atom is 0.227 e. The second-order valence-electron chi connectivity index (χ2n) is 8.92. The second-order valence-corrected chi connectivity index (χ2v) is 8.92. The van der Waals surface area contributed by atoms with Crippen molar-refractivity contribution in [2.24, 2.45) is 0 Å². The van der Waals surface area contributed by atoms with Gasteiger partial charge < -0.3 is 14.2 Å². The molecule has 33 heavy (non-hydrogen) atoms. The van der Waals surface area contributed by atoms with E-state index in [2.05, 4.69) is 49.6 Å². The molecule has 1 atom stereocenters. The van der Waals surface area contributed by atoms with Crippen LogP contribution in [0.3, 0.4) is 0 Å². The fourth-order valence-corrected chi connectivity index (χ4v) is 4.83. The third kappa shape index (κ3) is 4.11. The number of aryl methyl sites for hydroxylation is 3. The summed E-state index contributed by atoms with van der Waals surface area (Å²) in [6.07, 6.45) is 0.468. The number of nitrogens with zero attached hydrogens (tertiary/aromatic N) is 3. The zero-order valence-corrected chi connectivity index (χ0v) is 19.4. The quantitative estimate of drug-likeness (QED) is 0.395. The Balaban J connectivity index is 1.41. The highest BCUT2D eigenvalue weighted by Gasteiger charge is 2.35. The molecule has 1 aliphatic rings. The van der Waals surface area contributed by atoms with Crippen molar-refractivity contribution in [3.63, 3.8) is 0 Å². The molecule has 1 amide bonds. The van der Waals surface area contributed by atoms with Crippen molar-refractivity contribution in [2.75, 3.05) is 18.1 Å². The Hall–Kier alpha value is -3.60. The van der Waals surface area contributed by atoms with E-state index in [1.807, 2.05) is 47.4 Å². The van der Waals surface area contributed by atoms with Crippen LogP contribution in [0.1, 0.15) is 34.9 Å². The number of para-hydroxylation sites is 3. The van der Waals surface area contributed by atoms with Crippen molar-refractivity contribution < 1.29 is 9.53 Å². The molecule has 5 rings (SSSR count). The molecule has 5 nitrogen and oxygen atoms in total. The molecule has 3 aromatic carbocycles. The minimum absolute atomic E-state index is 0.0469. The van der Waals surface area contributed by atoms with E-state index in [1.54, 1.807) is 0 Å². The lowest BCUT2D eigenvalue weighted by Gasteiger charge is -2.19. The molecule has 1 aliphatic heterocycles. The highest BCUT2D eigenvalue weighted by Crippen LogP contribution is 2.34. The molecule has 1 fully saturated rings. The number of amides is 1. The van der Waals surface area contributed by atoms with Crippen LogP contribution in [0.5, 0.6) is 5.75 Å². The van der Waals surface area contributed by atoms with E-state index in [9.17, 15) is 4.79 Å². The summed E-state index contributed by atoms with van der Waals surface area (Å²) >= 11 is 0. The highest BCUT2D eigenvalue weighted by atomic mass is 16.5. The number of imidazole rings is 1. The Morgan fingerprint density at radius 1 is 0.970 bits per heavy atom. The van der Waals surface area contributed by atoms with Gasteiger partial charge in [-0.25, -0.2) is 4.98 Å². The van der Waals surface area contributed by atoms with Gasteiger partial charge in [-0.1, -0.05) is 48.0 Å². The van der Waals surface area contributed by atoms with Crippen molar-refractivity contribution in [3.05, 3.63) is 89.2 Å². The number of fused-ring (bicyclic) bond motifs is 1. The summed E-state index contributed by atoms with van der Waals surface area (Å²) < 4.78 is 8.37. The average Bonchev–Trinajstić information content (AvgIpc) is 3.36. The molecule has 4 aromatic rings. The van der Waals surface area contributed by atoms with Crippen LogP contribution in [-0.4, -0.2) is 28.6 Å². The van der Waals surface area contributed by atoms with Gasteiger partial charge in [0.05, 0.1) is 17.6 Å². The average molecular weight is 440 g/mol. The van der Waals surface area contributed by atoms with Crippen LogP contribution in [-0.2, 0) is 11.3 Å². The molecule has 0 radical (unpaired) electrons. The van der Waals surface area contributed by atoms with Crippen LogP contribution in [0, 0.1) is 20.8 Å². The molecule has 0 unspecified atom stereocenters. The Kier molecular flexibility index (Phi) is 5.63. The predicted molar refractivity (Wildman–Crippen MR) is 132 cm³/mol. The Morgan fingerprint density at radius 3 is 2.58 bits per heavy atom. The van der Waals surface area contributed by atoms with Gasteiger partial charge in [-0.2, -0.15) is 0 Å². The van der Waals surface area contributed by atoms with Gasteiger partial charge in [0.2, 0.25) is 5.91 Å². The summed E-state index contributed by atoms with van der Waals surface area (Å²) in [6.45, 7) is 8.08. The Bertz CT molecular complexity index is 1320. The van der Waals surface area contributed by atoms with Crippen molar-refractivity contribution in [1.29, 1.82) is 0 Å². The van der Waals surface area contributed by atoms with Crippen LogP contribution in [0.15, 0.2) is 66.7 Å². The molecule has 0 N–H and O–H groups in total. The lowest BCUT2D eigenvalue weighted by molar-refractivity contribution is -0.117. The van der Waals surface area contributed by atoms with Crippen LogP contribution in [0.25, 0.3) is 11.0 Å². The number of anilines is 1. The van der Waals surface area contributed by atoms with Gasteiger partial charge in [0.15, 0.2) is 0 Å². The molecule has 5 heteroatoms. The second kappa shape index (κ2) is 8.74. The van der Waals surface area contributed by atoms with E-state index < -0.39 is 0 Å². The number of carbonyl (C=O) groups excluding carboxylic acids is 1. The molecule has 0 saturated carbocycles. The van der Waals surface area contributed by atoms with Gasteiger partial charge >= 0.3 is 0 Å². The molecule has 168 valence electrons. The van der Waals surface area contributed by atoms with E-state index in [4.69, 9.17) is 9.72 Å². The Labute approximate surface area is 194 Å². The minimum Gasteiger partial charge on any atom is -0.491 e. The summed E-state index contributed by atoms with van der Waals surface area (Å²) in [4.78, 5) is 19.8. The van der Waals surface area contributed by atoms with Crippen LogP contribution in [0.2, 0.25) is 0 Å². The molecular weight excluding hydrogens is 410 g/mol. The van der Waals surface area contributed by atoms with E-state index in [0.29, 0.717) is 26.1 Å². The lowest BCUT2D eigenvalue weighted by atomic mass is 10.1. The summed E-state index contributed by atoms with van der Waals surface area (Å²) in [5, 5.41) is 0. The van der Waals surface area contributed by atoms with Crippen LogP contribution >= 0.6 is 0 Å². The van der Waals surface area contributed by atoms with E-state index in [1.165, 1.54) is 5.56 Å². The molecule has 0 bridgehead atoms. The number of hydrogen-bond acceptors (Lipinski definition) is 3. The molecule has 0 spiro atoms. The number of carbonyl (C=O) groups is 1. The zero-order chi connectivity index (χ0) is 22.9. The molecule has 1 aromatic heterocycles. The van der Waals surface area contributed by atoms with Gasteiger partial charge in [-0.15, -0.1) is 0 Å². The van der Waals surface area contributed by atoms with E-state index >= 15 is 0 Å². The van der Waals surface area contributed by atoms with Gasteiger partial charge in [0.1, 0.15) is 18.2 Å². The summed E-state index contributed by atoms with van der Waals surface area (Å²) in [5.41, 5.74) is 6.51. The monoisotopic (exact) mass is 439 g/mol. The fraction of sp³-hybridized carbons (Fsp3) is 0.286. The van der Waals surface area contributed by atoms with Gasteiger partial charge in [-0.3, -0.25) is 4.79 Å². The lowest BCUT2D eigenvalue weighted by Crippen LogP contribution is -2.25. The molecule has 0 aliphatic carbocycles. The normalized spacial score (nSPS) is 16.0. The first-order valence-corrected chi connectivity index (χ1v) is 11.5. The number of rotatable bonds is 6. The SMILES string of the molecule is Cc1ccc(OCCn2c([C@H]3CC(=O)N(c4ccccc4C)C3)nc3ccccc32)c(C)c1. The Morgan fingerprint density at radius 2 is 1.76 bits per heavy atom. The first-order valence-electron chi connectivity index (χ1n) is 11.5. The van der Waals surface area contributed by atoms with Crippen molar-refractivity contribution in [1.82, 2.24) is 9.55 Å². The van der Waals surface area contributed by atoms with Crippen molar-refractivity contribution in [2.45, 2.75) is 39.7 Å². The maximum absolute atomic E-state index is 13.0. The number of benzene rings is 3. The largest absolute Gasteiger partial charge is 0.491 e. The maximum atomic E-state index is 13.0. The van der Waals surface area contributed by atoms with E-state index in [0.717, 1.165) is 39.4 Å². The zero-order valence-electron chi connectivity index (χ0n) is 19.4. The fourth-order valence-electron chi connectivity index (χ4n) is 4.83. The number of hydrogen-bond donors (Lipinski definition) is 0. The molecule has 1 saturated heterocycles. The van der Waals surface area contributed by atoms with Crippen LogP contribution in [0.4, 0.5) is 5.69 Å². The van der Waals surface area contributed by atoms with E-state index in [-0.39, 0.29) is 11.8 Å². The van der Waals surface area contributed by atoms with Crippen LogP contribution < -0.4 is 9.64 Å². The smallest absolute Gasteiger partial charge is 0.227 e. The number of aromatic nitrogens is 2. The molecular formula is C28H29N3O2. The third-order valence-corrected chi connectivity index (χ3v) is 6.48. The van der Waals surface area contributed by atoms with Crippen molar-refractivity contribution >= 4 is 22.6 Å². The first kappa shape index (κ1) is 21.3. The van der Waals surface area contributed by atoms with Crippen molar-refractivity contribution in [3.8, 4) is 5.75 Å². The van der Waals surface area contributed by atoms with Gasteiger partial charge in [0, 0.05) is 24.6 Å².